The van der Waals surface area contributed by atoms with Crippen LogP contribution in [0.4, 0.5) is 4.39 Å². The fourth-order valence-electron chi connectivity index (χ4n) is 3.14. The number of rotatable bonds is 8. The number of halogens is 1. The molecule has 0 aliphatic rings. The van der Waals surface area contributed by atoms with E-state index in [1.165, 1.54) is 12.1 Å². The van der Waals surface area contributed by atoms with Gasteiger partial charge in [0.25, 0.3) is 0 Å². The molecule has 0 aliphatic carbocycles. The highest BCUT2D eigenvalue weighted by Gasteiger charge is 2.17. The molecule has 148 valence electrons. The predicted molar refractivity (Wildman–Crippen MR) is 108 cm³/mol. The van der Waals surface area contributed by atoms with Crippen LogP contribution in [-0.4, -0.2) is 46.1 Å². The van der Waals surface area contributed by atoms with E-state index in [0.717, 1.165) is 28.3 Å². The third kappa shape index (κ3) is 4.58. The van der Waals surface area contributed by atoms with E-state index < -0.39 is 0 Å². The topological polar surface area (TPSA) is 50.5 Å². The van der Waals surface area contributed by atoms with E-state index in [-0.39, 0.29) is 18.5 Å². The van der Waals surface area contributed by atoms with Crippen LogP contribution in [0.1, 0.15) is 19.4 Å². The number of nitrogens with zero attached hydrogens (tertiary/aromatic N) is 3. The monoisotopic (exact) mass is 383 g/mol. The third-order valence-corrected chi connectivity index (χ3v) is 4.72. The second kappa shape index (κ2) is 8.99. The van der Waals surface area contributed by atoms with Gasteiger partial charge in [-0.1, -0.05) is 12.1 Å². The minimum absolute atomic E-state index is 0.0834. The Morgan fingerprint density at radius 1 is 1.18 bits per heavy atom. The number of aliphatic hydroxyl groups is 1. The lowest BCUT2D eigenvalue weighted by Crippen LogP contribution is -2.32. The largest absolute Gasteiger partial charge is 0.497 e. The number of methoxy groups -OCH3 is 1. The van der Waals surface area contributed by atoms with E-state index in [1.54, 1.807) is 17.9 Å². The van der Waals surface area contributed by atoms with Gasteiger partial charge < -0.3 is 9.84 Å². The first kappa shape index (κ1) is 20.0. The van der Waals surface area contributed by atoms with Gasteiger partial charge in [0, 0.05) is 36.5 Å². The maximum Gasteiger partial charge on any atom is 0.123 e. The molecule has 2 aromatic carbocycles. The van der Waals surface area contributed by atoms with Crippen molar-refractivity contribution >= 4 is 0 Å². The second-order valence-electron chi connectivity index (χ2n) is 6.94. The lowest BCUT2D eigenvalue weighted by molar-refractivity contribution is 0.159. The van der Waals surface area contributed by atoms with Gasteiger partial charge in [0.05, 0.1) is 25.1 Å². The Hall–Kier alpha value is -2.70. The van der Waals surface area contributed by atoms with E-state index >= 15 is 0 Å². The molecule has 0 bridgehead atoms. The average Bonchev–Trinajstić information content (AvgIpc) is 3.11. The quantitative estimate of drug-likeness (QED) is 0.641. The molecule has 0 atom stereocenters. The number of benzene rings is 2. The first-order valence-corrected chi connectivity index (χ1v) is 9.35. The van der Waals surface area contributed by atoms with Crippen LogP contribution in [0.5, 0.6) is 5.75 Å². The molecule has 0 unspecified atom stereocenters. The fraction of sp³-hybridized carbons (Fsp3) is 0.318. The number of aromatic nitrogens is 2. The molecule has 6 heteroatoms. The summed E-state index contributed by atoms with van der Waals surface area (Å²) in [5.74, 6) is 0.480. The zero-order chi connectivity index (χ0) is 20.1. The van der Waals surface area contributed by atoms with Crippen LogP contribution < -0.4 is 4.74 Å². The van der Waals surface area contributed by atoms with E-state index in [2.05, 4.69) is 18.7 Å². The minimum atomic E-state index is -0.293. The van der Waals surface area contributed by atoms with Gasteiger partial charge in [0.1, 0.15) is 11.6 Å². The van der Waals surface area contributed by atoms with E-state index in [4.69, 9.17) is 9.84 Å². The summed E-state index contributed by atoms with van der Waals surface area (Å²) in [7, 11) is 1.63. The van der Waals surface area contributed by atoms with Crippen LogP contribution >= 0.6 is 0 Å². The third-order valence-electron chi connectivity index (χ3n) is 4.72. The van der Waals surface area contributed by atoms with Crippen LogP contribution in [0.15, 0.2) is 54.7 Å². The summed E-state index contributed by atoms with van der Waals surface area (Å²) in [6.45, 7) is 5.44. The average molecular weight is 383 g/mol. The number of aliphatic hydroxyl groups excluding tert-OH is 1. The SMILES string of the molecule is COc1ccc(-n2cc(CN(CCO)C(C)C)c(-c3cccc(F)c3)n2)cc1. The lowest BCUT2D eigenvalue weighted by atomic mass is 10.1. The second-order valence-corrected chi connectivity index (χ2v) is 6.94. The van der Waals surface area contributed by atoms with Crippen molar-refractivity contribution in [3.8, 4) is 22.7 Å². The molecular formula is C22H26FN3O2. The van der Waals surface area contributed by atoms with E-state index in [1.807, 2.05) is 36.5 Å². The highest BCUT2D eigenvalue weighted by Crippen LogP contribution is 2.26. The molecule has 0 saturated carbocycles. The standard InChI is InChI=1S/C22H26FN3O2/c1-16(2)25(11-12-27)14-18-15-26(20-7-9-21(28-3)10-8-20)24-22(18)17-5-4-6-19(23)13-17/h4-10,13,15-16,27H,11-12,14H2,1-3H3. The Labute approximate surface area is 165 Å². The molecule has 5 nitrogen and oxygen atoms in total. The fourth-order valence-corrected chi connectivity index (χ4v) is 3.14. The van der Waals surface area contributed by atoms with Crippen LogP contribution in [0.3, 0.4) is 0 Å². The smallest absolute Gasteiger partial charge is 0.123 e. The molecule has 1 aromatic heterocycles. The number of ether oxygens (including phenoxy) is 1. The van der Waals surface area contributed by atoms with Crippen molar-refractivity contribution < 1.29 is 14.2 Å². The lowest BCUT2D eigenvalue weighted by Gasteiger charge is -2.25. The summed E-state index contributed by atoms with van der Waals surface area (Å²) < 4.78 is 20.8. The maximum atomic E-state index is 13.8. The summed E-state index contributed by atoms with van der Waals surface area (Å²) in [6, 6.07) is 14.4. The summed E-state index contributed by atoms with van der Waals surface area (Å²) >= 11 is 0. The summed E-state index contributed by atoms with van der Waals surface area (Å²) in [5.41, 5.74) is 3.33. The van der Waals surface area contributed by atoms with Gasteiger partial charge in [0.2, 0.25) is 0 Å². The van der Waals surface area contributed by atoms with Crippen molar-refractivity contribution in [3.63, 3.8) is 0 Å². The molecule has 0 spiro atoms. The highest BCUT2D eigenvalue weighted by molar-refractivity contribution is 5.63. The van der Waals surface area contributed by atoms with Gasteiger partial charge in [-0.25, -0.2) is 9.07 Å². The van der Waals surface area contributed by atoms with Crippen molar-refractivity contribution in [2.45, 2.75) is 26.4 Å². The number of hydrogen-bond acceptors (Lipinski definition) is 4. The molecule has 0 saturated heterocycles. The van der Waals surface area contributed by atoms with Gasteiger partial charge in [-0.15, -0.1) is 0 Å². The summed E-state index contributed by atoms with van der Waals surface area (Å²) in [5, 5.41) is 14.1. The minimum Gasteiger partial charge on any atom is -0.497 e. The first-order chi connectivity index (χ1) is 13.5. The molecule has 0 radical (unpaired) electrons. The van der Waals surface area contributed by atoms with Crippen LogP contribution in [-0.2, 0) is 6.54 Å². The molecule has 0 amide bonds. The molecule has 0 fully saturated rings. The molecule has 3 rings (SSSR count). The van der Waals surface area contributed by atoms with Crippen LogP contribution in [0.2, 0.25) is 0 Å². The van der Waals surface area contributed by atoms with Gasteiger partial charge in [0.15, 0.2) is 0 Å². The van der Waals surface area contributed by atoms with Gasteiger partial charge >= 0.3 is 0 Å². The molecule has 1 heterocycles. The first-order valence-electron chi connectivity index (χ1n) is 9.35. The molecular weight excluding hydrogens is 357 g/mol. The Kier molecular flexibility index (Phi) is 6.44. The number of hydrogen-bond donors (Lipinski definition) is 1. The Bertz CT molecular complexity index is 906. The van der Waals surface area contributed by atoms with Crippen molar-refractivity contribution in [1.29, 1.82) is 0 Å². The predicted octanol–water partition coefficient (Wildman–Crippen LogP) is 3.89. The van der Waals surface area contributed by atoms with Crippen LogP contribution in [0.25, 0.3) is 16.9 Å². The van der Waals surface area contributed by atoms with E-state index in [0.29, 0.717) is 13.1 Å². The van der Waals surface area contributed by atoms with Crippen molar-refractivity contribution in [2.75, 3.05) is 20.3 Å². The van der Waals surface area contributed by atoms with Gasteiger partial charge in [-0.05, 0) is 50.2 Å². The Balaban J connectivity index is 2.03. The Morgan fingerprint density at radius 3 is 2.54 bits per heavy atom. The van der Waals surface area contributed by atoms with Gasteiger partial charge in [-0.2, -0.15) is 5.10 Å². The highest BCUT2D eigenvalue weighted by atomic mass is 19.1. The van der Waals surface area contributed by atoms with Crippen molar-refractivity contribution in [3.05, 3.63) is 66.1 Å². The van der Waals surface area contributed by atoms with Crippen molar-refractivity contribution in [2.24, 2.45) is 0 Å². The normalized spacial score (nSPS) is 11.4. The van der Waals surface area contributed by atoms with Crippen molar-refractivity contribution in [1.82, 2.24) is 14.7 Å². The molecule has 1 N–H and O–H groups in total. The summed E-state index contributed by atoms with van der Waals surface area (Å²) in [4.78, 5) is 2.16. The maximum absolute atomic E-state index is 13.8. The van der Waals surface area contributed by atoms with Crippen LogP contribution in [0, 0.1) is 5.82 Å². The molecule has 3 aromatic rings. The summed E-state index contributed by atoms with van der Waals surface area (Å²) in [6.07, 6.45) is 1.97. The molecule has 28 heavy (non-hydrogen) atoms. The van der Waals surface area contributed by atoms with E-state index in [9.17, 15) is 9.50 Å². The van der Waals surface area contributed by atoms with Gasteiger partial charge in [-0.3, -0.25) is 4.90 Å². The Morgan fingerprint density at radius 2 is 1.93 bits per heavy atom. The molecule has 0 aliphatic heterocycles. The zero-order valence-corrected chi connectivity index (χ0v) is 16.5. The zero-order valence-electron chi connectivity index (χ0n) is 16.5.